The van der Waals surface area contributed by atoms with Crippen molar-refractivity contribution in [1.29, 1.82) is 0 Å². The standard InChI is InChI=1S/C24H28N2O3/c1-23(2,3)16-11-17(24(4,5)6)20(27)12-19(16)26-22(29)15-13-25-18-10-8-7-9-14(18)21(15)28/h7-13,27H,1-6H3,(H,25,28)(H,26,29)/i11D,12D,13D. The minimum absolute atomic E-state index is 0.0232. The maximum absolute atomic E-state index is 13.2. The summed E-state index contributed by atoms with van der Waals surface area (Å²) in [6, 6.07) is 6.35. The van der Waals surface area contributed by atoms with Crippen LogP contribution in [0.25, 0.3) is 10.9 Å². The van der Waals surface area contributed by atoms with Crippen LogP contribution in [0.4, 0.5) is 5.69 Å². The van der Waals surface area contributed by atoms with Gasteiger partial charge in [0.2, 0.25) is 0 Å². The van der Waals surface area contributed by atoms with E-state index in [0.29, 0.717) is 22.0 Å². The number of para-hydroxylation sites is 1. The van der Waals surface area contributed by atoms with Crippen molar-refractivity contribution >= 4 is 22.5 Å². The number of phenols is 1. The Hall–Kier alpha value is -3.08. The molecule has 0 saturated heterocycles. The molecule has 3 N–H and O–H groups in total. The lowest BCUT2D eigenvalue weighted by molar-refractivity contribution is 0.102. The lowest BCUT2D eigenvalue weighted by atomic mass is 9.79. The van der Waals surface area contributed by atoms with Gasteiger partial charge >= 0.3 is 0 Å². The smallest absolute Gasteiger partial charge is 0.261 e. The number of rotatable bonds is 2. The molecule has 0 unspecified atom stereocenters. The Morgan fingerprint density at radius 3 is 2.24 bits per heavy atom. The summed E-state index contributed by atoms with van der Waals surface area (Å²) in [5, 5.41) is 24.3. The van der Waals surface area contributed by atoms with Crippen molar-refractivity contribution < 1.29 is 19.1 Å². The molecule has 0 saturated carbocycles. The van der Waals surface area contributed by atoms with E-state index in [1.54, 1.807) is 24.3 Å². The predicted molar refractivity (Wildman–Crippen MR) is 117 cm³/mol. The van der Waals surface area contributed by atoms with E-state index in [1.807, 2.05) is 41.5 Å². The third kappa shape index (κ3) is 4.04. The summed E-state index contributed by atoms with van der Waals surface area (Å²) in [6.07, 6.45) is -0.413. The number of hydrogen-bond donors (Lipinski definition) is 3. The van der Waals surface area contributed by atoms with Gasteiger partial charge in [-0.1, -0.05) is 53.7 Å². The van der Waals surface area contributed by atoms with Crippen molar-refractivity contribution in [3.8, 4) is 11.5 Å². The van der Waals surface area contributed by atoms with Gasteiger partial charge < -0.3 is 15.5 Å². The zero-order valence-electron chi connectivity index (χ0n) is 20.6. The molecule has 1 aromatic heterocycles. The number of amides is 1. The van der Waals surface area contributed by atoms with Crippen LogP contribution in [0, 0.1) is 0 Å². The summed E-state index contributed by atoms with van der Waals surface area (Å²) in [4.78, 5) is 17.3. The average molecular weight is 396 g/mol. The molecule has 152 valence electrons. The topological polar surface area (TPSA) is 82.5 Å². The molecule has 0 spiro atoms. The molecule has 0 bridgehead atoms. The van der Waals surface area contributed by atoms with Gasteiger partial charge in [-0.2, -0.15) is 0 Å². The minimum atomic E-state index is -0.841. The number of fused-ring (bicyclic) bond motifs is 1. The number of anilines is 1. The molecular weight excluding hydrogens is 364 g/mol. The molecule has 0 atom stereocenters. The fraction of sp³-hybridized carbons (Fsp3) is 0.333. The van der Waals surface area contributed by atoms with Gasteiger partial charge in [0.1, 0.15) is 17.1 Å². The van der Waals surface area contributed by atoms with Crippen LogP contribution in [0.15, 0.2) is 42.5 Å². The number of phenolic OH excluding ortho intramolecular Hbond substituents is 1. The first-order valence-corrected chi connectivity index (χ1v) is 9.43. The number of carbonyl (C=O) groups is 1. The molecule has 0 aliphatic rings. The van der Waals surface area contributed by atoms with Gasteiger partial charge in [0.05, 0.1) is 9.63 Å². The van der Waals surface area contributed by atoms with Gasteiger partial charge in [-0.05, 0) is 40.1 Å². The lowest BCUT2D eigenvalue weighted by Crippen LogP contribution is -2.21. The zero-order valence-corrected chi connectivity index (χ0v) is 17.6. The average Bonchev–Trinajstić information content (AvgIpc) is 2.63. The lowest BCUT2D eigenvalue weighted by Gasteiger charge is -2.28. The van der Waals surface area contributed by atoms with Crippen molar-refractivity contribution in [2.24, 2.45) is 0 Å². The first-order valence-electron chi connectivity index (χ1n) is 10.9. The second-order valence-corrected chi connectivity index (χ2v) is 9.14. The summed E-state index contributed by atoms with van der Waals surface area (Å²) >= 11 is 0. The summed E-state index contributed by atoms with van der Waals surface area (Å²) in [6.45, 7) is 11.1. The first-order chi connectivity index (χ1) is 14.7. The number of nitrogens with zero attached hydrogens (tertiary/aromatic N) is 1. The Kier molecular flexibility index (Phi) is 4.10. The van der Waals surface area contributed by atoms with Crippen LogP contribution in [-0.4, -0.2) is 21.1 Å². The number of hydrogen-bond acceptors (Lipinski definition) is 4. The molecule has 0 fully saturated rings. The molecule has 5 nitrogen and oxygen atoms in total. The molecule has 29 heavy (non-hydrogen) atoms. The molecule has 0 radical (unpaired) electrons. The molecule has 1 heterocycles. The van der Waals surface area contributed by atoms with Crippen LogP contribution in [0.3, 0.4) is 0 Å². The highest BCUT2D eigenvalue weighted by Crippen LogP contribution is 2.40. The molecule has 3 rings (SSSR count). The number of pyridine rings is 1. The van der Waals surface area contributed by atoms with Crippen molar-refractivity contribution in [1.82, 2.24) is 4.98 Å². The fourth-order valence-electron chi connectivity index (χ4n) is 3.10. The SMILES string of the molecule is [2H]c1nc2ccccc2c(O)c1C(=O)Nc1c([2H])c(O)c(C(C)(C)C)c([2H])c1C(C)(C)C. The summed E-state index contributed by atoms with van der Waals surface area (Å²) in [5.74, 6) is -1.60. The van der Waals surface area contributed by atoms with Gasteiger partial charge in [0, 0.05) is 23.3 Å². The first kappa shape index (κ1) is 16.8. The fourth-order valence-corrected chi connectivity index (χ4v) is 3.10. The van der Waals surface area contributed by atoms with Gasteiger partial charge in [0.25, 0.3) is 5.91 Å². The number of carbonyl (C=O) groups excluding carboxylic acids is 1. The summed E-state index contributed by atoms with van der Waals surface area (Å²) in [7, 11) is 0. The molecular formula is C24H28N2O3. The highest BCUT2D eigenvalue weighted by Gasteiger charge is 2.26. The van der Waals surface area contributed by atoms with Crippen molar-refractivity contribution in [2.75, 3.05) is 5.32 Å². The van der Waals surface area contributed by atoms with Crippen LogP contribution in [0.5, 0.6) is 11.5 Å². The van der Waals surface area contributed by atoms with Gasteiger partial charge in [-0.15, -0.1) is 0 Å². The van der Waals surface area contributed by atoms with E-state index in [2.05, 4.69) is 10.3 Å². The van der Waals surface area contributed by atoms with E-state index >= 15 is 0 Å². The van der Waals surface area contributed by atoms with Crippen LogP contribution < -0.4 is 5.32 Å². The number of benzene rings is 2. The highest BCUT2D eigenvalue weighted by atomic mass is 16.3. The van der Waals surface area contributed by atoms with Crippen molar-refractivity contribution in [3.63, 3.8) is 0 Å². The highest BCUT2D eigenvalue weighted by molar-refractivity contribution is 6.09. The van der Waals surface area contributed by atoms with E-state index in [1.165, 1.54) is 0 Å². The van der Waals surface area contributed by atoms with E-state index in [0.717, 1.165) is 0 Å². The quantitative estimate of drug-likeness (QED) is 0.535. The molecule has 0 aliphatic heterocycles. The van der Waals surface area contributed by atoms with Gasteiger partial charge in [-0.3, -0.25) is 9.78 Å². The van der Waals surface area contributed by atoms with Crippen LogP contribution in [0.1, 0.15) is 67.1 Å². The van der Waals surface area contributed by atoms with E-state index in [4.69, 9.17) is 4.11 Å². The van der Waals surface area contributed by atoms with Crippen molar-refractivity contribution in [2.45, 2.75) is 52.4 Å². The molecule has 3 aromatic rings. The minimum Gasteiger partial charge on any atom is -0.508 e. The number of aromatic hydroxyl groups is 2. The Bertz CT molecular complexity index is 1240. The maximum Gasteiger partial charge on any atom is 0.261 e. The maximum atomic E-state index is 13.2. The second kappa shape index (κ2) is 7.07. The summed E-state index contributed by atoms with van der Waals surface area (Å²) < 4.78 is 25.5. The van der Waals surface area contributed by atoms with Crippen molar-refractivity contribution in [3.05, 3.63) is 59.2 Å². The molecule has 5 heteroatoms. The van der Waals surface area contributed by atoms with Crippen LogP contribution >= 0.6 is 0 Å². The van der Waals surface area contributed by atoms with E-state index in [-0.39, 0.29) is 34.8 Å². The number of nitrogens with one attached hydrogen (secondary N) is 1. The monoisotopic (exact) mass is 395 g/mol. The summed E-state index contributed by atoms with van der Waals surface area (Å²) in [5.41, 5.74) is -0.520. The largest absolute Gasteiger partial charge is 0.508 e. The zero-order chi connectivity index (χ0) is 24.2. The van der Waals surface area contributed by atoms with Crippen LogP contribution in [0.2, 0.25) is 0 Å². The van der Waals surface area contributed by atoms with E-state index in [9.17, 15) is 15.0 Å². The predicted octanol–water partition coefficient (Wildman–Crippen LogP) is 5.49. The molecule has 2 aromatic carbocycles. The van der Waals surface area contributed by atoms with E-state index < -0.39 is 22.9 Å². The second-order valence-electron chi connectivity index (χ2n) is 9.14. The Balaban J connectivity index is 2.24. The Morgan fingerprint density at radius 2 is 1.62 bits per heavy atom. The third-order valence-electron chi connectivity index (χ3n) is 4.63. The third-order valence-corrected chi connectivity index (χ3v) is 4.63. The molecule has 0 aliphatic carbocycles. The van der Waals surface area contributed by atoms with Gasteiger partial charge in [0.15, 0.2) is 0 Å². The van der Waals surface area contributed by atoms with Gasteiger partial charge in [-0.25, -0.2) is 0 Å². The molecule has 1 amide bonds. The Labute approximate surface area is 175 Å². The Morgan fingerprint density at radius 1 is 1.00 bits per heavy atom. The number of aromatic nitrogens is 1. The normalized spacial score (nSPS) is 13.7. The van der Waals surface area contributed by atoms with Crippen LogP contribution in [-0.2, 0) is 10.8 Å².